The van der Waals surface area contributed by atoms with Crippen LogP contribution in [0.1, 0.15) is 65.7 Å². The fraction of sp³-hybridized carbons (Fsp3) is 1.00. The largest absolute Gasteiger partial charge is 0.381 e. The summed E-state index contributed by atoms with van der Waals surface area (Å²) in [5.74, 6) is 0.781. The number of rotatable bonds is 6. The van der Waals surface area contributed by atoms with Crippen LogP contribution < -0.4 is 5.32 Å². The van der Waals surface area contributed by atoms with Gasteiger partial charge in [-0.2, -0.15) is 0 Å². The van der Waals surface area contributed by atoms with Crippen LogP contribution in [0, 0.1) is 5.92 Å². The minimum absolute atomic E-state index is 0.489. The van der Waals surface area contributed by atoms with Crippen LogP contribution >= 0.6 is 0 Å². The van der Waals surface area contributed by atoms with Crippen molar-refractivity contribution in [2.45, 2.75) is 89.9 Å². The average Bonchev–Trinajstić information content (AvgIpc) is 2.48. The maximum atomic E-state index is 5.66. The van der Waals surface area contributed by atoms with Gasteiger partial charge in [0, 0.05) is 38.3 Å². The van der Waals surface area contributed by atoms with E-state index >= 15 is 0 Å². The number of nitrogens with zero attached hydrogens (tertiary/aromatic N) is 1. The van der Waals surface area contributed by atoms with Crippen molar-refractivity contribution in [3.63, 3.8) is 0 Å². The molecule has 0 aromatic heterocycles. The lowest BCUT2D eigenvalue weighted by Gasteiger charge is -2.47. The number of hydrogen-bond acceptors (Lipinski definition) is 3. The van der Waals surface area contributed by atoms with Crippen molar-refractivity contribution in [3.05, 3.63) is 0 Å². The average molecular weight is 296 g/mol. The van der Waals surface area contributed by atoms with Crippen LogP contribution in [-0.2, 0) is 4.74 Å². The Bertz CT molecular complexity index is 295. The highest BCUT2D eigenvalue weighted by Gasteiger charge is 2.35. The van der Waals surface area contributed by atoms with Gasteiger partial charge in [0.05, 0.1) is 6.10 Å². The maximum Gasteiger partial charge on any atom is 0.0586 e. The van der Waals surface area contributed by atoms with Crippen molar-refractivity contribution < 1.29 is 4.74 Å². The van der Waals surface area contributed by atoms with Crippen LogP contribution in [0.3, 0.4) is 0 Å². The first kappa shape index (κ1) is 17.2. The Kier molecular flexibility index (Phi) is 6.97. The van der Waals surface area contributed by atoms with Crippen LogP contribution in [0.2, 0.25) is 0 Å². The molecule has 2 fully saturated rings. The minimum atomic E-state index is 0.489. The summed E-state index contributed by atoms with van der Waals surface area (Å²) >= 11 is 0. The summed E-state index contributed by atoms with van der Waals surface area (Å²) in [5, 5.41) is 3.80. The maximum absolute atomic E-state index is 5.66. The Morgan fingerprint density at radius 3 is 2.76 bits per heavy atom. The SMILES string of the molecule is CCCC1CN(C2CCCC(OC)C2)C(CC(C)C)CN1. The molecular formula is C18H36N2O. The molecule has 0 spiro atoms. The molecule has 2 aliphatic rings. The van der Waals surface area contributed by atoms with Gasteiger partial charge in [0.1, 0.15) is 0 Å². The molecule has 0 aromatic carbocycles. The second kappa shape index (κ2) is 8.50. The quantitative estimate of drug-likeness (QED) is 0.812. The fourth-order valence-electron chi connectivity index (χ4n) is 4.28. The fourth-order valence-corrected chi connectivity index (χ4v) is 4.28. The molecule has 4 atom stereocenters. The molecule has 1 aliphatic carbocycles. The molecular weight excluding hydrogens is 260 g/mol. The molecule has 0 aromatic rings. The molecule has 2 rings (SSSR count). The normalized spacial score (nSPS) is 35.3. The monoisotopic (exact) mass is 296 g/mol. The lowest BCUT2D eigenvalue weighted by Crippen LogP contribution is -2.60. The van der Waals surface area contributed by atoms with E-state index in [0.29, 0.717) is 12.1 Å². The topological polar surface area (TPSA) is 24.5 Å². The highest BCUT2D eigenvalue weighted by Crippen LogP contribution is 2.29. The number of nitrogens with one attached hydrogen (secondary N) is 1. The molecule has 1 saturated heterocycles. The third-order valence-electron chi connectivity index (χ3n) is 5.32. The van der Waals surface area contributed by atoms with Gasteiger partial charge in [-0.25, -0.2) is 0 Å². The first-order valence-corrected chi connectivity index (χ1v) is 9.15. The van der Waals surface area contributed by atoms with Crippen LogP contribution in [0.25, 0.3) is 0 Å². The van der Waals surface area contributed by atoms with E-state index in [2.05, 4.69) is 31.0 Å². The smallest absolute Gasteiger partial charge is 0.0586 e. The summed E-state index contributed by atoms with van der Waals surface area (Å²) in [5.41, 5.74) is 0. The van der Waals surface area contributed by atoms with Crippen molar-refractivity contribution in [1.29, 1.82) is 0 Å². The zero-order valence-electron chi connectivity index (χ0n) is 14.6. The van der Waals surface area contributed by atoms with Crippen molar-refractivity contribution >= 4 is 0 Å². The predicted molar refractivity (Wildman–Crippen MR) is 89.7 cm³/mol. The molecule has 4 unspecified atom stereocenters. The van der Waals surface area contributed by atoms with Crippen LogP contribution in [-0.4, -0.2) is 49.3 Å². The molecule has 0 radical (unpaired) electrons. The van der Waals surface area contributed by atoms with Gasteiger partial charge in [-0.3, -0.25) is 4.90 Å². The Labute approximate surface area is 131 Å². The van der Waals surface area contributed by atoms with Gasteiger partial charge >= 0.3 is 0 Å². The molecule has 21 heavy (non-hydrogen) atoms. The van der Waals surface area contributed by atoms with E-state index in [-0.39, 0.29) is 0 Å². The molecule has 3 heteroatoms. The van der Waals surface area contributed by atoms with Crippen molar-refractivity contribution in [1.82, 2.24) is 10.2 Å². The van der Waals surface area contributed by atoms with E-state index in [1.807, 2.05) is 7.11 Å². The molecule has 124 valence electrons. The summed E-state index contributed by atoms with van der Waals surface area (Å²) in [6, 6.07) is 2.16. The van der Waals surface area contributed by atoms with Crippen molar-refractivity contribution in [3.8, 4) is 0 Å². The lowest BCUT2D eigenvalue weighted by atomic mass is 9.88. The molecule has 3 nitrogen and oxygen atoms in total. The van der Waals surface area contributed by atoms with E-state index in [9.17, 15) is 0 Å². The van der Waals surface area contributed by atoms with Gasteiger partial charge in [-0.05, 0) is 44.4 Å². The Morgan fingerprint density at radius 1 is 1.29 bits per heavy atom. The second-order valence-corrected chi connectivity index (χ2v) is 7.55. The lowest BCUT2D eigenvalue weighted by molar-refractivity contribution is -0.00470. The molecule has 0 bridgehead atoms. The Hall–Kier alpha value is -0.120. The van der Waals surface area contributed by atoms with E-state index in [4.69, 9.17) is 4.74 Å². The Morgan fingerprint density at radius 2 is 2.10 bits per heavy atom. The number of piperazine rings is 1. The summed E-state index contributed by atoms with van der Waals surface area (Å²) in [4.78, 5) is 2.85. The van der Waals surface area contributed by atoms with Crippen molar-refractivity contribution in [2.24, 2.45) is 5.92 Å². The molecule has 1 heterocycles. The van der Waals surface area contributed by atoms with Gasteiger partial charge in [-0.1, -0.05) is 27.2 Å². The van der Waals surface area contributed by atoms with Gasteiger partial charge < -0.3 is 10.1 Å². The molecule has 0 amide bonds. The van der Waals surface area contributed by atoms with E-state index in [1.54, 1.807) is 0 Å². The predicted octanol–water partition coefficient (Wildman–Crippen LogP) is 3.43. The zero-order valence-corrected chi connectivity index (χ0v) is 14.6. The number of hydrogen-bond donors (Lipinski definition) is 1. The van der Waals surface area contributed by atoms with Crippen LogP contribution in [0.15, 0.2) is 0 Å². The summed E-state index contributed by atoms with van der Waals surface area (Å²) in [6.07, 6.45) is 9.60. The zero-order chi connectivity index (χ0) is 15.2. The van der Waals surface area contributed by atoms with Crippen molar-refractivity contribution in [2.75, 3.05) is 20.2 Å². The highest BCUT2D eigenvalue weighted by atomic mass is 16.5. The van der Waals surface area contributed by atoms with E-state index < -0.39 is 0 Å². The number of ether oxygens (including phenoxy) is 1. The highest BCUT2D eigenvalue weighted by molar-refractivity contribution is 4.92. The minimum Gasteiger partial charge on any atom is -0.381 e. The van der Waals surface area contributed by atoms with Gasteiger partial charge in [0.2, 0.25) is 0 Å². The second-order valence-electron chi connectivity index (χ2n) is 7.55. The van der Waals surface area contributed by atoms with E-state index in [0.717, 1.165) is 18.0 Å². The Balaban J connectivity index is 2.00. The van der Waals surface area contributed by atoms with Gasteiger partial charge in [0.15, 0.2) is 0 Å². The molecule has 1 N–H and O–H groups in total. The summed E-state index contributed by atoms with van der Waals surface area (Å²) in [6.45, 7) is 9.43. The van der Waals surface area contributed by atoms with Gasteiger partial charge in [0.25, 0.3) is 0 Å². The number of methoxy groups -OCH3 is 1. The third kappa shape index (κ3) is 4.94. The molecule has 1 saturated carbocycles. The van der Waals surface area contributed by atoms with E-state index in [1.165, 1.54) is 58.0 Å². The van der Waals surface area contributed by atoms with Crippen LogP contribution in [0.5, 0.6) is 0 Å². The molecule has 1 aliphatic heterocycles. The summed E-state index contributed by atoms with van der Waals surface area (Å²) < 4.78 is 5.66. The van der Waals surface area contributed by atoms with Crippen LogP contribution in [0.4, 0.5) is 0 Å². The summed E-state index contributed by atoms with van der Waals surface area (Å²) in [7, 11) is 1.89. The third-order valence-corrected chi connectivity index (χ3v) is 5.32. The first-order chi connectivity index (χ1) is 10.1. The standard InChI is InChI=1S/C18H36N2O/c1-5-7-15-13-20(17(12-19-15)10-14(2)3)16-8-6-9-18(11-16)21-4/h14-19H,5-13H2,1-4H3. The first-order valence-electron chi connectivity index (χ1n) is 9.15. The van der Waals surface area contributed by atoms with Gasteiger partial charge in [-0.15, -0.1) is 0 Å².